The molecule has 0 bridgehead atoms. The molecule has 0 unspecified atom stereocenters. The maximum Gasteiger partial charge on any atom is 0.355 e. The number of ether oxygens (including phenoxy) is 1. The molecule has 0 aliphatic rings. The van der Waals surface area contributed by atoms with E-state index in [1.54, 1.807) is 12.5 Å². The van der Waals surface area contributed by atoms with E-state index in [4.69, 9.17) is 9.84 Å². The second-order valence-electron chi connectivity index (χ2n) is 5.40. The molecule has 6 nitrogen and oxygen atoms in total. The molecule has 3 rings (SSSR count). The minimum absolute atomic E-state index is 0.0785. The van der Waals surface area contributed by atoms with Crippen LogP contribution in [-0.4, -0.2) is 32.7 Å². The van der Waals surface area contributed by atoms with Gasteiger partial charge in [0.2, 0.25) is 0 Å². The summed E-state index contributed by atoms with van der Waals surface area (Å²) in [6.45, 7) is 5.00. The molecule has 0 saturated heterocycles. The van der Waals surface area contributed by atoms with Crippen LogP contribution in [0, 0.1) is 13.8 Å². The Morgan fingerprint density at radius 1 is 1.30 bits per heavy atom. The number of methoxy groups -OCH3 is 1. The van der Waals surface area contributed by atoms with Crippen molar-refractivity contribution in [1.82, 2.24) is 14.5 Å². The van der Waals surface area contributed by atoms with Crippen LogP contribution in [0.1, 0.15) is 32.4 Å². The molecular weight excluding hydrogens is 314 g/mol. The Labute approximate surface area is 137 Å². The second kappa shape index (κ2) is 6.10. The molecule has 1 aromatic carbocycles. The van der Waals surface area contributed by atoms with E-state index < -0.39 is 5.97 Å². The van der Waals surface area contributed by atoms with Crippen LogP contribution in [-0.2, 0) is 17.9 Å². The van der Waals surface area contributed by atoms with Gasteiger partial charge in [0.05, 0.1) is 17.6 Å². The highest BCUT2D eigenvalue weighted by Gasteiger charge is 2.15. The number of nitrogens with zero attached hydrogens (tertiary/aromatic N) is 3. The Kier molecular flexibility index (Phi) is 4.14. The SMILES string of the molecule is COCc1nc2cc(C)c(C)cc2n1Cc1nc(C(=O)O)cs1. The minimum Gasteiger partial charge on any atom is -0.476 e. The first kappa shape index (κ1) is 15.6. The zero-order chi connectivity index (χ0) is 16.6. The van der Waals surface area contributed by atoms with Gasteiger partial charge in [-0.3, -0.25) is 0 Å². The summed E-state index contributed by atoms with van der Waals surface area (Å²) in [7, 11) is 1.63. The molecule has 23 heavy (non-hydrogen) atoms. The van der Waals surface area contributed by atoms with Crippen LogP contribution in [0.15, 0.2) is 17.5 Å². The van der Waals surface area contributed by atoms with Crippen LogP contribution in [0.25, 0.3) is 11.0 Å². The van der Waals surface area contributed by atoms with Crippen LogP contribution < -0.4 is 0 Å². The molecule has 0 aliphatic carbocycles. The average Bonchev–Trinajstić information content (AvgIpc) is 3.08. The molecular formula is C16H17N3O3S. The van der Waals surface area contributed by atoms with E-state index in [0.717, 1.165) is 21.9 Å². The summed E-state index contributed by atoms with van der Waals surface area (Å²) in [6, 6.07) is 4.16. The summed E-state index contributed by atoms with van der Waals surface area (Å²) in [5, 5.41) is 11.3. The number of aromatic nitrogens is 3. The zero-order valence-electron chi connectivity index (χ0n) is 13.2. The molecule has 0 amide bonds. The standard InChI is InChI=1S/C16H17N3O3S/c1-9-4-11-13(5-10(9)2)19(14(17-11)7-22-3)6-15-18-12(8-23-15)16(20)21/h4-5,8H,6-7H2,1-3H3,(H,20,21). The first-order valence-corrected chi connectivity index (χ1v) is 8.00. The van der Waals surface area contributed by atoms with E-state index in [9.17, 15) is 4.79 Å². The van der Waals surface area contributed by atoms with Crippen LogP contribution in [0.4, 0.5) is 0 Å². The summed E-state index contributed by atoms with van der Waals surface area (Å²) in [5.41, 5.74) is 4.37. The fourth-order valence-corrected chi connectivity index (χ4v) is 3.22. The molecule has 0 atom stereocenters. The molecule has 1 N–H and O–H groups in total. The molecule has 2 aromatic heterocycles. The fraction of sp³-hybridized carbons (Fsp3) is 0.312. The Morgan fingerprint density at radius 3 is 2.70 bits per heavy atom. The van der Waals surface area contributed by atoms with Gasteiger partial charge in [-0.2, -0.15) is 0 Å². The molecule has 2 heterocycles. The number of carbonyl (C=O) groups is 1. The van der Waals surface area contributed by atoms with Crippen molar-refractivity contribution in [2.75, 3.05) is 7.11 Å². The van der Waals surface area contributed by atoms with Crippen molar-refractivity contribution in [3.63, 3.8) is 0 Å². The lowest BCUT2D eigenvalue weighted by atomic mass is 10.1. The summed E-state index contributed by atoms with van der Waals surface area (Å²) in [4.78, 5) is 19.8. The third-order valence-corrected chi connectivity index (χ3v) is 4.61. The number of hydrogen-bond donors (Lipinski definition) is 1. The van der Waals surface area contributed by atoms with Gasteiger partial charge in [-0.15, -0.1) is 11.3 Å². The monoisotopic (exact) mass is 331 g/mol. The lowest BCUT2D eigenvalue weighted by molar-refractivity contribution is 0.0691. The lowest BCUT2D eigenvalue weighted by Gasteiger charge is -2.07. The Balaban J connectivity index is 2.07. The van der Waals surface area contributed by atoms with Crippen molar-refractivity contribution in [1.29, 1.82) is 0 Å². The van der Waals surface area contributed by atoms with E-state index in [1.807, 2.05) is 4.57 Å². The van der Waals surface area contributed by atoms with E-state index in [1.165, 1.54) is 22.5 Å². The van der Waals surface area contributed by atoms with Crippen molar-refractivity contribution in [2.24, 2.45) is 0 Å². The van der Waals surface area contributed by atoms with Crippen molar-refractivity contribution in [2.45, 2.75) is 27.0 Å². The summed E-state index contributed by atoms with van der Waals surface area (Å²) >= 11 is 1.34. The topological polar surface area (TPSA) is 77.2 Å². The quantitative estimate of drug-likeness (QED) is 0.777. The van der Waals surface area contributed by atoms with Crippen LogP contribution in [0.2, 0.25) is 0 Å². The minimum atomic E-state index is -1.01. The zero-order valence-corrected chi connectivity index (χ0v) is 14.0. The molecule has 0 spiro atoms. The van der Waals surface area contributed by atoms with Gasteiger partial charge in [0.1, 0.15) is 17.4 Å². The Morgan fingerprint density at radius 2 is 2.04 bits per heavy atom. The first-order valence-electron chi connectivity index (χ1n) is 7.12. The number of imidazole rings is 1. The third kappa shape index (κ3) is 2.97. The third-order valence-electron chi connectivity index (χ3n) is 3.78. The number of thiazole rings is 1. The highest BCUT2D eigenvalue weighted by Crippen LogP contribution is 2.23. The van der Waals surface area contributed by atoms with Gasteiger partial charge in [-0.05, 0) is 37.1 Å². The van der Waals surface area contributed by atoms with E-state index >= 15 is 0 Å². The fourth-order valence-electron chi connectivity index (χ4n) is 2.46. The number of rotatable bonds is 5. The molecule has 0 aliphatic heterocycles. The first-order chi connectivity index (χ1) is 11.0. The molecule has 0 saturated carbocycles. The normalized spacial score (nSPS) is 11.3. The summed E-state index contributed by atoms with van der Waals surface area (Å²) in [5.74, 6) is -0.203. The van der Waals surface area contributed by atoms with E-state index in [0.29, 0.717) is 13.2 Å². The van der Waals surface area contributed by atoms with Gasteiger partial charge in [-0.25, -0.2) is 14.8 Å². The number of benzene rings is 1. The van der Waals surface area contributed by atoms with Gasteiger partial charge in [-0.1, -0.05) is 0 Å². The number of aromatic carboxylic acids is 1. The van der Waals surface area contributed by atoms with Crippen LogP contribution in [0.3, 0.4) is 0 Å². The van der Waals surface area contributed by atoms with Crippen molar-refractivity contribution in [3.05, 3.63) is 45.2 Å². The number of fused-ring (bicyclic) bond motifs is 1. The number of carboxylic acid groups (broad SMARTS) is 1. The predicted molar refractivity (Wildman–Crippen MR) is 88.1 cm³/mol. The molecule has 120 valence electrons. The Bertz CT molecular complexity index is 882. The van der Waals surface area contributed by atoms with Crippen LogP contribution >= 0.6 is 11.3 Å². The van der Waals surface area contributed by atoms with E-state index in [-0.39, 0.29) is 5.69 Å². The van der Waals surface area contributed by atoms with Gasteiger partial charge in [0.25, 0.3) is 0 Å². The Hall–Kier alpha value is -2.25. The van der Waals surface area contributed by atoms with Gasteiger partial charge >= 0.3 is 5.97 Å². The average molecular weight is 331 g/mol. The maximum atomic E-state index is 11.0. The number of hydrogen-bond acceptors (Lipinski definition) is 5. The molecule has 3 aromatic rings. The molecule has 0 fully saturated rings. The smallest absolute Gasteiger partial charge is 0.355 e. The second-order valence-corrected chi connectivity index (χ2v) is 6.35. The highest BCUT2D eigenvalue weighted by atomic mass is 32.1. The number of carboxylic acids is 1. The van der Waals surface area contributed by atoms with Crippen molar-refractivity contribution in [3.8, 4) is 0 Å². The predicted octanol–water partition coefficient (Wildman–Crippen LogP) is 3.00. The largest absolute Gasteiger partial charge is 0.476 e. The van der Waals surface area contributed by atoms with Crippen molar-refractivity contribution >= 4 is 28.3 Å². The van der Waals surface area contributed by atoms with Gasteiger partial charge in [0.15, 0.2) is 5.69 Å². The maximum absolute atomic E-state index is 11.0. The number of aryl methyl sites for hydroxylation is 2. The van der Waals surface area contributed by atoms with Crippen molar-refractivity contribution < 1.29 is 14.6 Å². The summed E-state index contributed by atoms with van der Waals surface area (Å²) < 4.78 is 7.28. The summed E-state index contributed by atoms with van der Waals surface area (Å²) in [6.07, 6.45) is 0. The lowest BCUT2D eigenvalue weighted by Crippen LogP contribution is -2.07. The molecule has 7 heteroatoms. The van der Waals surface area contributed by atoms with Gasteiger partial charge in [0, 0.05) is 12.5 Å². The van der Waals surface area contributed by atoms with Crippen LogP contribution in [0.5, 0.6) is 0 Å². The van der Waals surface area contributed by atoms with Gasteiger partial charge < -0.3 is 14.4 Å². The molecule has 0 radical (unpaired) electrons. The highest BCUT2D eigenvalue weighted by molar-refractivity contribution is 7.09. The van der Waals surface area contributed by atoms with E-state index in [2.05, 4.69) is 35.9 Å².